The minimum atomic E-state index is 0.592. The third kappa shape index (κ3) is 1.68. The Labute approximate surface area is 102 Å². The fourth-order valence-corrected chi connectivity index (χ4v) is 2.76. The van der Waals surface area contributed by atoms with Gasteiger partial charge in [0.2, 0.25) is 0 Å². The fourth-order valence-electron chi connectivity index (χ4n) is 2.76. The third-order valence-corrected chi connectivity index (χ3v) is 4.11. The van der Waals surface area contributed by atoms with Crippen molar-refractivity contribution in [2.45, 2.75) is 44.6 Å². The lowest BCUT2D eigenvalue weighted by Crippen LogP contribution is -2.38. The Bertz CT molecular complexity index is 483. The van der Waals surface area contributed by atoms with Gasteiger partial charge in [0.05, 0.1) is 5.56 Å². The minimum Gasteiger partial charge on any atom is -0.356 e. The van der Waals surface area contributed by atoms with Crippen LogP contribution in [0.1, 0.15) is 42.5 Å². The lowest BCUT2D eigenvalue weighted by Gasteiger charge is -2.36. The molecule has 0 aromatic carbocycles. The maximum atomic E-state index is 9.25. The Morgan fingerprint density at radius 3 is 2.82 bits per heavy atom. The number of fused-ring (bicyclic) bond motifs is 1. The molecule has 3 nitrogen and oxygen atoms in total. The van der Waals surface area contributed by atoms with Crippen molar-refractivity contribution in [3.05, 3.63) is 22.9 Å². The maximum absolute atomic E-state index is 9.25. The smallest absolute Gasteiger partial charge is 0.146 e. The van der Waals surface area contributed by atoms with Crippen molar-refractivity contribution in [3.63, 3.8) is 0 Å². The van der Waals surface area contributed by atoms with E-state index in [0.29, 0.717) is 6.04 Å². The van der Waals surface area contributed by atoms with E-state index in [4.69, 9.17) is 4.98 Å². The largest absolute Gasteiger partial charge is 0.356 e. The van der Waals surface area contributed by atoms with Gasteiger partial charge in [-0.05, 0) is 50.2 Å². The summed E-state index contributed by atoms with van der Waals surface area (Å²) in [6.07, 6.45) is 7.13. The van der Waals surface area contributed by atoms with Crippen molar-refractivity contribution < 1.29 is 0 Å². The number of hydrogen-bond acceptors (Lipinski definition) is 3. The number of anilines is 1. The molecule has 17 heavy (non-hydrogen) atoms. The molecule has 1 fully saturated rings. The van der Waals surface area contributed by atoms with Crippen LogP contribution in [0.3, 0.4) is 0 Å². The molecule has 2 aliphatic carbocycles. The SMILES string of the molecule is CN(c1nc2c(cc1C#N)CCC2)C1CCC1. The highest BCUT2D eigenvalue weighted by Crippen LogP contribution is 2.31. The summed E-state index contributed by atoms with van der Waals surface area (Å²) in [7, 11) is 2.08. The van der Waals surface area contributed by atoms with Crippen LogP contribution in [0.5, 0.6) is 0 Å². The zero-order chi connectivity index (χ0) is 11.8. The van der Waals surface area contributed by atoms with Crippen LogP contribution in [0.25, 0.3) is 0 Å². The lowest BCUT2D eigenvalue weighted by molar-refractivity contribution is 0.399. The van der Waals surface area contributed by atoms with Gasteiger partial charge in [0.15, 0.2) is 0 Å². The molecule has 1 aromatic rings. The summed E-state index contributed by atoms with van der Waals surface area (Å²) in [5.41, 5.74) is 3.25. The molecule has 2 aliphatic rings. The third-order valence-electron chi connectivity index (χ3n) is 4.11. The van der Waals surface area contributed by atoms with Crippen molar-refractivity contribution in [1.29, 1.82) is 5.26 Å². The van der Waals surface area contributed by atoms with Crippen LogP contribution in [-0.4, -0.2) is 18.1 Å². The van der Waals surface area contributed by atoms with E-state index in [9.17, 15) is 5.26 Å². The molecule has 0 N–H and O–H groups in total. The quantitative estimate of drug-likeness (QED) is 0.779. The summed E-state index contributed by atoms with van der Waals surface area (Å²) >= 11 is 0. The summed E-state index contributed by atoms with van der Waals surface area (Å²) < 4.78 is 0. The highest BCUT2D eigenvalue weighted by Gasteiger charge is 2.26. The predicted molar refractivity (Wildman–Crippen MR) is 67.0 cm³/mol. The number of aromatic nitrogens is 1. The van der Waals surface area contributed by atoms with E-state index in [1.165, 1.54) is 36.9 Å². The molecule has 0 aliphatic heterocycles. The van der Waals surface area contributed by atoms with Crippen LogP contribution in [0.2, 0.25) is 0 Å². The molecule has 0 amide bonds. The lowest BCUT2D eigenvalue weighted by atomic mass is 9.91. The standard InChI is InChI=1S/C14H17N3/c1-17(12-5-3-6-12)14-11(9-15)8-10-4-2-7-13(10)16-14/h8,12H,2-7H2,1H3. The molecule has 3 heteroatoms. The summed E-state index contributed by atoms with van der Waals surface area (Å²) in [5, 5.41) is 9.25. The molecule has 0 unspecified atom stereocenters. The summed E-state index contributed by atoms with van der Waals surface area (Å²) in [6, 6.07) is 4.95. The fraction of sp³-hybridized carbons (Fsp3) is 0.571. The molecule has 0 bridgehead atoms. The monoisotopic (exact) mass is 227 g/mol. The van der Waals surface area contributed by atoms with Crippen LogP contribution >= 0.6 is 0 Å². The minimum absolute atomic E-state index is 0.592. The molecule has 1 heterocycles. The molecule has 1 saturated carbocycles. The average molecular weight is 227 g/mol. The van der Waals surface area contributed by atoms with Gasteiger partial charge in [-0.25, -0.2) is 4.98 Å². The van der Waals surface area contributed by atoms with Crippen LogP contribution in [0.15, 0.2) is 6.07 Å². The molecule has 0 atom stereocenters. The summed E-state index contributed by atoms with van der Waals surface area (Å²) in [4.78, 5) is 6.94. The van der Waals surface area contributed by atoms with Gasteiger partial charge in [-0.15, -0.1) is 0 Å². The van der Waals surface area contributed by atoms with E-state index >= 15 is 0 Å². The van der Waals surface area contributed by atoms with Crippen molar-refractivity contribution in [1.82, 2.24) is 4.98 Å². The second-order valence-corrected chi connectivity index (χ2v) is 5.13. The Morgan fingerprint density at radius 2 is 2.18 bits per heavy atom. The first-order chi connectivity index (χ1) is 8.29. The second kappa shape index (κ2) is 4.03. The number of pyridine rings is 1. The van der Waals surface area contributed by atoms with Gasteiger partial charge in [-0.1, -0.05) is 0 Å². The number of nitrogens with zero attached hydrogens (tertiary/aromatic N) is 3. The first kappa shape index (κ1) is 10.6. The molecule has 88 valence electrons. The van der Waals surface area contributed by atoms with Crippen molar-refractivity contribution in [2.24, 2.45) is 0 Å². The number of rotatable bonds is 2. The van der Waals surface area contributed by atoms with Gasteiger partial charge in [0.1, 0.15) is 11.9 Å². The van der Waals surface area contributed by atoms with Crippen LogP contribution < -0.4 is 4.90 Å². The molecule has 0 radical (unpaired) electrons. The molecular formula is C14H17N3. The van der Waals surface area contributed by atoms with Gasteiger partial charge in [-0.3, -0.25) is 0 Å². The Balaban J connectivity index is 2.00. The second-order valence-electron chi connectivity index (χ2n) is 5.13. The molecule has 0 spiro atoms. The first-order valence-corrected chi connectivity index (χ1v) is 6.45. The number of nitriles is 1. The van der Waals surface area contributed by atoms with Crippen molar-refractivity contribution >= 4 is 5.82 Å². The Morgan fingerprint density at radius 1 is 1.35 bits per heavy atom. The van der Waals surface area contributed by atoms with E-state index in [1.807, 2.05) is 0 Å². The molecule has 0 saturated heterocycles. The van der Waals surface area contributed by atoms with E-state index in [1.54, 1.807) is 0 Å². The number of aryl methyl sites for hydroxylation is 2. The summed E-state index contributed by atoms with van der Waals surface area (Å²) in [6.45, 7) is 0. The predicted octanol–water partition coefficient (Wildman–Crippen LogP) is 2.43. The van der Waals surface area contributed by atoms with Crippen molar-refractivity contribution in [3.8, 4) is 6.07 Å². The topological polar surface area (TPSA) is 39.9 Å². The van der Waals surface area contributed by atoms with Gasteiger partial charge in [-0.2, -0.15) is 5.26 Å². The Hall–Kier alpha value is -1.56. The Kier molecular flexibility index (Phi) is 2.51. The van der Waals surface area contributed by atoms with Gasteiger partial charge in [0.25, 0.3) is 0 Å². The van der Waals surface area contributed by atoms with Gasteiger partial charge < -0.3 is 4.90 Å². The normalized spacial score (nSPS) is 18.4. The molecule has 1 aromatic heterocycles. The van der Waals surface area contributed by atoms with Gasteiger partial charge >= 0.3 is 0 Å². The average Bonchev–Trinajstić information content (AvgIpc) is 2.71. The zero-order valence-electron chi connectivity index (χ0n) is 10.2. The first-order valence-electron chi connectivity index (χ1n) is 6.45. The van der Waals surface area contributed by atoms with Gasteiger partial charge in [0, 0.05) is 18.8 Å². The molecular weight excluding hydrogens is 210 g/mol. The zero-order valence-corrected chi connectivity index (χ0v) is 10.2. The highest BCUT2D eigenvalue weighted by molar-refractivity contribution is 5.57. The maximum Gasteiger partial charge on any atom is 0.146 e. The van der Waals surface area contributed by atoms with Crippen LogP contribution in [0.4, 0.5) is 5.82 Å². The van der Waals surface area contributed by atoms with E-state index in [-0.39, 0.29) is 0 Å². The molecule has 3 rings (SSSR count). The van der Waals surface area contributed by atoms with E-state index < -0.39 is 0 Å². The van der Waals surface area contributed by atoms with Crippen molar-refractivity contribution in [2.75, 3.05) is 11.9 Å². The van der Waals surface area contributed by atoms with Crippen LogP contribution in [-0.2, 0) is 12.8 Å². The highest BCUT2D eigenvalue weighted by atomic mass is 15.2. The number of hydrogen-bond donors (Lipinski definition) is 0. The van der Waals surface area contributed by atoms with Crippen LogP contribution in [0, 0.1) is 11.3 Å². The van der Waals surface area contributed by atoms with E-state index in [0.717, 1.165) is 24.2 Å². The summed E-state index contributed by atoms with van der Waals surface area (Å²) in [5.74, 6) is 0.901. The van der Waals surface area contributed by atoms with E-state index in [2.05, 4.69) is 24.1 Å².